The molecule has 98 valence electrons. The number of carbonyl (C=O) groups is 2. The Morgan fingerprint density at radius 2 is 2.28 bits per heavy atom. The van der Waals surface area contributed by atoms with E-state index in [2.05, 4.69) is 0 Å². The van der Waals surface area contributed by atoms with Crippen molar-refractivity contribution in [3.8, 4) is 0 Å². The number of aliphatic carboxylic acids is 1. The number of hydrogen-bond acceptors (Lipinski definition) is 3. The largest absolute Gasteiger partial charge is 0.481 e. The smallest absolute Gasteiger partial charge is 0.308 e. The average molecular weight is 251 g/mol. The van der Waals surface area contributed by atoms with Gasteiger partial charge in [-0.1, -0.05) is 6.92 Å². The summed E-state index contributed by atoms with van der Waals surface area (Å²) in [5.41, 5.74) is 0.991. The van der Waals surface area contributed by atoms with Crippen LogP contribution in [-0.2, 0) is 16.0 Å². The molecule has 1 amide bonds. The predicted molar refractivity (Wildman–Crippen MR) is 63.9 cm³/mol. The van der Waals surface area contributed by atoms with E-state index in [1.807, 2.05) is 13.0 Å². The van der Waals surface area contributed by atoms with Gasteiger partial charge in [0.25, 0.3) is 0 Å². The van der Waals surface area contributed by atoms with Crippen LogP contribution in [0.1, 0.15) is 18.9 Å². The summed E-state index contributed by atoms with van der Waals surface area (Å²) >= 11 is 0. The van der Waals surface area contributed by atoms with Gasteiger partial charge in [-0.2, -0.15) is 0 Å². The molecule has 1 aliphatic heterocycles. The van der Waals surface area contributed by atoms with Crippen LogP contribution in [0.5, 0.6) is 0 Å². The number of aryl methyl sites for hydroxylation is 1. The molecule has 1 aromatic heterocycles. The zero-order chi connectivity index (χ0) is 13.1. The van der Waals surface area contributed by atoms with Crippen molar-refractivity contribution in [3.05, 3.63) is 24.2 Å². The second-order valence-electron chi connectivity index (χ2n) is 4.85. The molecule has 2 heterocycles. The van der Waals surface area contributed by atoms with E-state index >= 15 is 0 Å². The van der Waals surface area contributed by atoms with E-state index in [4.69, 9.17) is 9.52 Å². The summed E-state index contributed by atoms with van der Waals surface area (Å²) in [7, 11) is 0. The number of nitrogens with zero attached hydrogens (tertiary/aromatic N) is 1. The van der Waals surface area contributed by atoms with E-state index in [9.17, 15) is 9.59 Å². The lowest BCUT2D eigenvalue weighted by Gasteiger charge is -2.15. The van der Waals surface area contributed by atoms with E-state index in [1.165, 1.54) is 0 Å². The van der Waals surface area contributed by atoms with Gasteiger partial charge in [-0.15, -0.1) is 0 Å². The minimum absolute atomic E-state index is 0.0202. The quantitative estimate of drug-likeness (QED) is 0.877. The van der Waals surface area contributed by atoms with Gasteiger partial charge in [0.2, 0.25) is 5.91 Å². The zero-order valence-corrected chi connectivity index (χ0v) is 10.3. The Labute approximate surface area is 105 Å². The van der Waals surface area contributed by atoms with Crippen LogP contribution in [0.4, 0.5) is 0 Å². The van der Waals surface area contributed by atoms with Gasteiger partial charge in [0.05, 0.1) is 18.4 Å². The number of rotatable bonds is 4. The second kappa shape index (κ2) is 5.25. The van der Waals surface area contributed by atoms with Crippen molar-refractivity contribution in [1.29, 1.82) is 0 Å². The number of carboxylic acid groups (broad SMARTS) is 1. The Morgan fingerprint density at radius 3 is 2.83 bits per heavy atom. The van der Waals surface area contributed by atoms with Crippen LogP contribution in [0, 0.1) is 11.8 Å². The first-order valence-electron chi connectivity index (χ1n) is 6.09. The molecule has 18 heavy (non-hydrogen) atoms. The number of carbonyl (C=O) groups excluding carboxylic acids is 1. The van der Waals surface area contributed by atoms with Crippen molar-refractivity contribution in [2.45, 2.75) is 19.8 Å². The van der Waals surface area contributed by atoms with Crippen molar-refractivity contribution in [2.75, 3.05) is 13.1 Å². The summed E-state index contributed by atoms with van der Waals surface area (Å²) in [6.45, 7) is 2.75. The van der Waals surface area contributed by atoms with Gasteiger partial charge in [0, 0.05) is 19.5 Å². The van der Waals surface area contributed by atoms with E-state index in [-0.39, 0.29) is 11.8 Å². The molecule has 1 aromatic rings. The van der Waals surface area contributed by atoms with Crippen molar-refractivity contribution in [1.82, 2.24) is 4.90 Å². The fraction of sp³-hybridized carbons (Fsp3) is 0.538. The van der Waals surface area contributed by atoms with Crippen molar-refractivity contribution >= 4 is 11.9 Å². The van der Waals surface area contributed by atoms with Crippen LogP contribution in [-0.4, -0.2) is 35.0 Å². The van der Waals surface area contributed by atoms with Gasteiger partial charge in [-0.05, 0) is 24.0 Å². The molecule has 0 spiro atoms. The molecule has 1 aliphatic rings. The zero-order valence-electron chi connectivity index (χ0n) is 10.3. The Bertz CT molecular complexity index is 426. The summed E-state index contributed by atoms with van der Waals surface area (Å²) in [4.78, 5) is 24.6. The molecule has 5 heteroatoms. The van der Waals surface area contributed by atoms with Gasteiger partial charge >= 0.3 is 5.97 Å². The third-order valence-corrected chi connectivity index (χ3v) is 3.49. The van der Waals surface area contributed by atoms with Crippen molar-refractivity contribution in [2.24, 2.45) is 11.8 Å². The SMILES string of the molecule is C[C@@H]1CN(C(=O)CCc2ccoc2)C[C@H]1C(=O)O. The molecular formula is C13H17NO4. The number of likely N-dealkylation sites (tertiary alicyclic amines) is 1. The van der Waals surface area contributed by atoms with Gasteiger partial charge in [0.15, 0.2) is 0 Å². The molecule has 0 aromatic carbocycles. The van der Waals surface area contributed by atoms with Crippen LogP contribution in [0.3, 0.4) is 0 Å². The van der Waals surface area contributed by atoms with Gasteiger partial charge in [0.1, 0.15) is 0 Å². The lowest BCUT2D eigenvalue weighted by Crippen LogP contribution is -2.30. The first-order chi connectivity index (χ1) is 8.58. The highest BCUT2D eigenvalue weighted by atomic mass is 16.4. The van der Waals surface area contributed by atoms with E-state index in [1.54, 1.807) is 17.4 Å². The van der Waals surface area contributed by atoms with E-state index in [0.717, 1.165) is 5.56 Å². The first-order valence-corrected chi connectivity index (χ1v) is 6.09. The molecule has 1 N–H and O–H groups in total. The third kappa shape index (κ3) is 2.72. The molecule has 1 saturated heterocycles. The van der Waals surface area contributed by atoms with Crippen molar-refractivity contribution < 1.29 is 19.1 Å². The highest BCUT2D eigenvalue weighted by Crippen LogP contribution is 2.23. The number of carboxylic acids is 1. The van der Waals surface area contributed by atoms with Crippen LogP contribution in [0.25, 0.3) is 0 Å². The monoisotopic (exact) mass is 251 g/mol. The predicted octanol–water partition coefficient (Wildman–Crippen LogP) is 1.39. The normalized spacial score (nSPS) is 23.3. The maximum absolute atomic E-state index is 12.0. The topological polar surface area (TPSA) is 70.8 Å². The Kier molecular flexibility index (Phi) is 3.69. The molecule has 5 nitrogen and oxygen atoms in total. The minimum Gasteiger partial charge on any atom is -0.481 e. The molecule has 1 fully saturated rings. The van der Waals surface area contributed by atoms with Gasteiger partial charge in [-0.25, -0.2) is 0 Å². The molecule has 0 aliphatic carbocycles. The van der Waals surface area contributed by atoms with E-state index in [0.29, 0.717) is 25.9 Å². The standard InChI is InChI=1S/C13H17NO4/c1-9-6-14(7-11(9)13(16)17)12(15)3-2-10-4-5-18-8-10/h4-5,8-9,11H,2-3,6-7H2,1H3,(H,16,17)/t9-,11-/m1/s1. The highest BCUT2D eigenvalue weighted by Gasteiger charge is 2.36. The van der Waals surface area contributed by atoms with Crippen LogP contribution >= 0.6 is 0 Å². The molecule has 0 radical (unpaired) electrons. The second-order valence-corrected chi connectivity index (χ2v) is 4.85. The number of amides is 1. The summed E-state index contributed by atoms with van der Waals surface area (Å²) < 4.78 is 4.94. The fourth-order valence-corrected chi connectivity index (χ4v) is 2.34. The summed E-state index contributed by atoms with van der Waals surface area (Å²) in [5.74, 6) is -1.19. The molecule has 2 atom stereocenters. The van der Waals surface area contributed by atoms with E-state index < -0.39 is 11.9 Å². The van der Waals surface area contributed by atoms with Gasteiger partial charge in [-0.3, -0.25) is 9.59 Å². The Balaban J connectivity index is 1.85. The first kappa shape index (κ1) is 12.7. The summed E-state index contributed by atoms with van der Waals surface area (Å²) in [6, 6.07) is 1.83. The molecule has 0 unspecified atom stereocenters. The maximum atomic E-state index is 12.0. The number of hydrogen-bond donors (Lipinski definition) is 1. The lowest BCUT2D eigenvalue weighted by molar-refractivity contribution is -0.142. The molecule has 2 rings (SSSR count). The van der Waals surface area contributed by atoms with Crippen LogP contribution < -0.4 is 0 Å². The third-order valence-electron chi connectivity index (χ3n) is 3.49. The highest BCUT2D eigenvalue weighted by molar-refractivity contribution is 5.79. The Morgan fingerprint density at radius 1 is 1.50 bits per heavy atom. The fourth-order valence-electron chi connectivity index (χ4n) is 2.34. The van der Waals surface area contributed by atoms with Crippen LogP contribution in [0.15, 0.2) is 23.0 Å². The van der Waals surface area contributed by atoms with Crippen LogP contribution in [0.2, 0.25) is 0 Å². The average Bonchev–Trinajstić information content (AvgIpc) is 2.94. The Hall–Kier alpha value is -1.78. The van der Waals surface area contributed by atoms with Crippen molar-refractivity contribution in [3.63, 3.8) is 0 Å². The molecule has 0 bridgehead atoms. The summed E-state index contributed by atoms with van der Waals surface area (Å²) in [6.07, 6.45) is 4.24. The summed E-state index contributed by atoms with van der Waals surface area (Å²) in [5, 5.41) is 9.01. The lowest BCUT2D eigenvalue weighted by atomic mass is 9.99. The number of furan rings is 1. The maximum Gasteiger partial charge on any atom is 0.308 e. The van der Waals surface area contributed by atoms with Gasteiger partial charge < -0.3 is 14.4 Å². The molecular weight excluding hydrogens is 234 g/mol. The minimum atomic E-state index is -0.812. The molecule has 0 saturated carbocycles.